The second-order valence-electron chi connectivity index (χ2n) is 3.92. The van der Waals surface area contributed by atoms with Crippen LogP contribution in [0.5, 0.6) is 5.75 Å². The molecule has 4 heteroatoms. The van der Waals surface area contributed by atoms with Crippen LogP contribution >= 0.6 is 0 Å². The van der Waals surface area contributed by atoms with Gasteiger partial charge in [0.25, 0.3) is 0 Å². The summed E-state index contributed by atoms with van der Waals surface area (Å²) in [6.07, 6.45) is 11.6. The fraction of sp³-hybridized carbons (Fsp3) is 0. The molecule has 0 bridgehead atoms. The van der Waals surface area contributed by atoms with Gasteiger partial charge < -0.3 is 15.8 Å². The summed E-state index contributed by atoms with van der Waals surface area (Å²) in [5.74, 6) is 1.16. The maximum absolute atomic E-state index is 7.30. The van der Waals surface area contributed by atoms with Crippen LogP contribution in [0.25, 0.3) is 5.70 Å². The highest BCUT2D eigenvalue weighted by Crippen LogP contribution is 2.19. The number of rotatable bonds is 7. The van der Waals surface area contributed by atoms with Crippen molar-refractivity contribution < 1.29 is 4.74 Å². The third kappa shape index (κ3) is 5.13. The van der Waals surface area contributed by atoms with Gasteiger partial charge in [0.1, 0.15) is 17.3 Å². The summed E-state index contributed by atoms with van der Waals surface area (Å²) in [6.45, 7) is 7.26. The molecule has 4 N–H and O–H groups in total. The standard InChI is InChI=1S/C17H17N3O/c1-4-7-14(5-2)21-15-10-8-13(9-11-15)16(20-6-3)12-17(18)19/h3-5,7-12,20H,1-2H2,(H3,18,19)/b14-7+,16-12+. The Bertz CT molecular complexity index is 631. The molecule has 0 saturated heterocycles. The minimum absolute atomic E-state index is 0.0871. The lowest BCUT2D eigenvalue weighted by atomic mass is 10.1. The van der Waals surface area contributed by atoms with Crippen molar-refractivity contribution in [3.05, 3.63) is 73.1 Å². The molecular formula is C17H17N3O. The van der Waals surface area contributed by atoms with Crippen molar-refractivity contribution in [2.45, 2.75) is 0 Å². The van der Waals surface area contributed by atoms with Crippen LogP contribution < -0.4 is 15.8 Å². The Balaban J connectivity index is 2.98. The van der Waals surface area contributed by atoms with Crippen molar-refractivity contribution in [2.75, 3.05) is 0 Å². The van der Waals surface area contributed by atoms with Crippen LogP contribution in [0.4, 0.5) is 0 Å². The Kier molecular flexibility index (Phi) is 6.10. The maximum atomic E-state index is 7.30. The topological polar surface area (TPSA) is 71.1 Å². The van der Waals surface area contributed by atoms with Crippen molar-refractivity contribution in [2.24, 2.45) is 5.73 Å². The molecule has 0 aliphatic rings. The normalized spacial score (nSPS) is 11.2. The number of nitrogens with one attached hydrogen (secondary N) is 2. The number of hydrogen-bond donors (Lipinski definition) is 3. The third-order valence-corrected chi connectivity index (χ3v) is 2.39. The molecule has 106 valence electrons. The Morgan fingerprint density at radius 1 is 1.33 bits per heavy atom. The van der Waals surface area contributed by atoms with Crippen LogP contribution in [0, 0.1) is 17.9 Å². The molecule has 0 heterocycles. The van der Waals surface area contributed by atoms with Crippen molar-refractivity contribution in [1.29, 1.82) is 5.41 Å². The van der Waals surface area contributed by atoms with Crippen LogP contribution in [-0.2, 0) is 0 Å². The van der Waals surface area contributed by atoms with Gasteiger partial charge in [-0.15, -0.1) is 0 Å². The second kappa shape index (κ2) is 8.08. The van der Waals surface area contributed by atoms with E-state index < -0.39 is 0 Å². The van der Waals surface area contributed by atoms with E-state index in [0.717, 1.165) is 5.56 Å². The highest BCUT2D eigenvalue weighted by molar-refractivity contribution is 5.95. The highest BCUT2D eigenvalue weighted by Gasteiger charge is 2.02. The first kappa shape index (κ1) is 15.9. The zero-order valence-electron chi connectivity index (χ0n) is 11.6. The number of ether oxygens (including phenoxy) is 1. The summed E-state index contributed by atoms with van der Waals surface area (Å²) in [7, 11) is 0. The molecule has 1 rings (SSSR count). The molecule has 0 atom stereocenters. The van der Waals surface area contributed by atoms with Gasteiger partial charge in [0.2, 0.25) is 0 Å². The fourth-order valence-electron chi connectivity index (χ4n) is 1.52. The summed E-state index contributed by atoms with van der Waals surface area (Å²) in [6, 6.07) is 9.49. The summed E-state index contributed by atoms with van der Waals surface area (Å²) in [4.78, 5) is 0. The van der Waals surface area contributed by atoms with Gasteiger partial charge in [0.15, 0.2) is 0 Å². The molecule has 1 aromatic rings. The van der Waals surface area contributed by atoms with Crippen LogP contribution in [0.15, 0.2) is 67.5 Å². The number of nitrogens with two attached hydrogens (primary N) is 1. The average molecular weight is 279 g/mol. The first-order valence-corrected chi connectivity index (χ1v) is 6.11. The fourth-order valence-corrected chi connectivity index (χ4v) is 1.52. The zero-order chi connectivity index (χ0) is 15.7. The molecule has 0 spiro atoms. The van der Waals surface area contributed by atoms with Gasteiger partial charge >= 0.3 is 0 Å². The molecule has 0 aromatic heterocycles. The predicted octanol–water partition coefficient (Wildman–Crippen LogP) is 2.78. The maximum Gasteiger partial charge on any atom is 0.127 e. The van der Waals surface area contributed by atoms with Gasteiger partial charge in [-0.25, -0.2) is 0 Å². The van der Waals surface area contributed by atoms with E-state index in [0.29, 0.717) is 17.2 Å². The first-order chi connectivity index (χ1) is 10.1. The molecule has 0 amide bonds. The van der Waals surface area contributed by atoms with Crippen molar-refractivity contribution in [3.63, 3.8) is 0 Å². The quantitative estimate of drug-likeness (QED) is 0.179. The monoisotopic (exact) mass is 279 g/mol. The van der Waals surface area contributed by atoms with Gasteiger partial charge in [-0.1, -0.05) is 25.7 Å². The van der Waals surface area contributed by atoms with E-state index in [1.54, 1.807) is 30.4 Å². The number of amidine groups is 1. The van der Waals surface area contributed by atoms with E-state index in [9.17, 15) is 0 Å². The summed E-state index contributed by atoms with van der Waals surface area (Å²) in [5.41, 5.74) is 6.72. The number of benzene rings is 1. The number of allylic oxidation sites excluding steroid dienone is 3. The molecule has 21 heavy (non-hydrogen) atoms. The van der Waals surface area contributed by atoms with Gasteiger partial charge in [-0.3, -0.25) is 5.41 Å². The minimum Gasteiger partial charge on any atom is -0.457 e. The molecule has 0 radical (unpaired) electrons. The second-order valence-corrected chi connectivity index (χ2v) is 3.92. The molecule has 4 nitrogen and oxygen atoms in total. The summed E-state index contributed by atoms with van der Waals surface area (Å²) < 4.78 is 5.60. The largest absolute Gasteiger partial charge is 0.457 e. The van der Waals surface area contributed by atoms with E-state index in [2.05, 4.69) is 24.5 Å². The Hall–Kier alpha value is -3.19. The lowest BCUT2D eigenvalue weighted by Crippen LogP contribution is -2.11. The van der Waals surface area contributed by atoms with Gasteiger partial charge in [-0.2, -0.15) is 0 Å². The van der Waals surface area contributed by atoms with Crippen molar-refractivity contribution in [1.82, 2.24) is 5.32 Å². The van der Waals surface area contributed by atoms with E-state index >= 15 is 0 Å². The molecule has 0 aliphatic heterocycles. The third-order valence-electron chi connectivity index (χ3n) is 2.39. The molecule has 0 fully saturated rings. The smallest absolute Gasteiger partial charge is 0.127 e. The Morgan fingerprint density at radius 2 is 2.00 bits per heavy atom. The van der Waals surface area contributed by atoms with Gasteiger partial charge in [0, 0.05) is 12.1 Å². The highest BCUT2D eigenvalue weighted by atomic mass is 16.5. The van der Waals surface area contributed by atoms with Crippen molar-refractivity contribution >= 4 is 11.5 Å². The van der Waals surface area contributed by atoms with E-state index in [1.807, 2.05) is 12.1 Å². The van der Waals surface area contributed by atoms with Crippen LogP contribution in [0.3, 0.4) is 0 Å². The molecular weight excluding hydrogens is 262 g/mol. The van der Waals surface area contributed by atoms with E-state index in [-0.39, 0.29) is 5.84 Å². The van der Waals surface area contributed by atoms with Crippen LogP contribution in [0.2, 0.25) is 0 Å². The first-order valence-electron chi connectivity index (χ1n) is 6.11. The summed E-state index contributed by atoms with van der Waals surface area (Å²) >= 11 is 0. The number of hydrogen-bond acceptors (Lipinski definition) is 3. The summed E-state index contributed by atoms with van der Waals surface area (Å²) in [5, 5.41) is 10.0. The molecule has 1 aromatic carbocycles. The van der Waals surface area contributed by atoms with E-state index in [4.69, 9.17) is 22.3 Å². The SMILES string of the molecule is C#CN/C(=C/C(=N)N)c1ccc(O/C(C=C)=C/C=C)cc1. The molecule has 0 saturated carbocycles. The van der Waals surface area contributed by atoms with E-state index in [1.165, 1.54) is 6.08 Å². The minimum atomic E-state index is -0.0871. The van der Waals surface area contributed by atoms with Gasteiger partial charge in [-0.05, 0) is 42.0 Å². The lowest BCUT2D eigenvalue weighted by Gasteiger charge is -2.09. The predicted molar refractivity (Wildman–Crippen MR) is 87.4 cm³/mol. The zero-order valence-corrected chi connectivity index (χ0v) is 11.6. The van der Waals surface area contributed by atoms with Crippen LogP contribution in [0.1, 0.15) is 5.56 Å². The lowest BCUT2D eigenvalue weighted by molar-refractivity contribution is 0.445. The Labute approximate surface area is 124 Å². The molecule has 0 aliphatic carbocycles. The molecule has 0 unspecified atom stereocenters. The van der Waals surface area contributed by atoms with Crippen LogP contribution in [-0.4, -0.2) is 5.84 Å². The van der Waals surface area contributed by atoms with Crippen molar-refractivity contribution in [3.8, 4) is 18.2 Å². The number of terminal acetylenes is 1. The van der Waals surface area contributed by atoms with Gasteiger partial charge in [0.05, 0.1) is 5.70 Å². The Morgan fingerprint density at radius 3 is 2.48 bits per heavy atom. The average Bonchev–Trinajstić information content (AvgIpc) is 2.46.